The Hall–Kier alpha value is -1.79. The van der Waals surface area contributed by atoms with Gasteiger partial charge in [-0.2, -0.15) is 0 Å². The van der Waals surface area contributed by atoms with Crippen LogP contribution in [0.15, 0.2) is 34.9 Å². The summed E-state index contributed by atoms with van der Waals surface area (Å²) in [5.74, 6) is 6.23. The Balaban J connectivity index is 1.74. The van der Waals surface area contributed by atoms with E-state index in [1.807, 2.05) is 6.92 Å². The number of hydrogen-bond acceptors (Lipinski definition) is 3. The summed E-state index contributed by atoms with van der Waals surface area (Å²) in [5, 5.41) is 0. The van der Waals surface area contributed by atoms with Crippen molar-refractivity contribution in [2.45, 2.75) is 44.2 Å². The van der Waals surface area contributed by atoms with Gasteiger partial charge in [0.05, 0.1) is 6.04 Å². The van der Waals surface area contributed by atoms with Crippen molar-refractivity contribution in [3.8, 4) is 11.8 Å². The van der Waals surface area contributed by atoms with Gasteiger partial charge in [-0.25, -0.2) is 4.79 Å². The molecule has 2 fully saturated rings. The third-order valence-electron chi connectivity index (χ3n) is 4.99. The average molecular weight is 281 g/mol. The van der Waals surface area contributed by atoms with Crippen LogP contribution in [0, 0.1) is 11.8 Å². The van der Waals surface area contributed by atoms with E-state index in [1.54, 1.807) is 6.08 Å². The summed E-state index contributed by atoms with van der Waals surface area (Å²) in [6.45, 7) is 7.87. The number of allylic oxidation sites excluding steroid dienone is 1. The summed E-state index contributed by atoms with van der Waals surface area (Å²) >= 11 is 0. The topological polar surface area (TPSA) is 29.5 Å². The molecule has 3 heteroatoms. The van der Waals surface area contributed by atoms with Gasteiger partial charge in [0.15, 0.2) is 5.60 Å². The van der Waals surface area contributed by atoms with E-state index in [0.717, 1.165) is 36.2 Å². The van der Waals surface area contributed by atoms with Gasteiger partial charge in [-0.3, -0.25) is 4.90 Å². The summed E-state index contributed by atoms with van der Waals surface area (Å²) in [7, 11) is 0. The van der Waals surface area contributed by atoms with Crippen molar-refractivity contribution in [3.05, 3.63) is 34.9 Å². The standard InChI is InChI=1S/C18H19NO2/c1-12(2)6-5-7-13-14-10-17(20)21-18(14)15(13)11-19-9-4-3-8-16(18)19/h10,16H,1,3-4,6,8-9,11H2,2H3/t16?,18-/m1/s1. The van der Waals surface area contributed by atoms with Crippen molar-refractivity contribution < 1.29 is 9.53 Å². The molecule has 1 aliphatic carbocycles. The van der Waals surface area contributed by atoms with Crippen molar-refractivity contribution in [3.63, 3.8) is 0 Å². The third-order valence-corrected chi connectivity index (χ3v) is 4.99. The van der Waals surface area contributed by atoms with Gasteiger partial charge in [0.2, 0.25) is 0 Å². The maximum atomic E-state index is 11.8. The summed E-state index contributed by atoms with van der Waals surface area (Å²) in [6.07, 6.45) is 5.94. The molecule has 2 saturated heterocycles. The first-order valence-electron chi connectivity index (χ1n) is 7.69. The molecule has 0 N–H and O–H groups in total. The fourth-order valence-corrected chi connectivity index (χ4v) is 4.15. The Kier molecular flexibility index (Phi) is 2.68. The predicted molar refractivity (Wildman–Crippen MR) is 80.4 cm³/mol. The molecule has 0 amide bonds. The van der Waals surface area contributed by atoms with Crippen LogP contribution < -0.4 is 0 Å². The van der Waals surface area contributed by atoms with Gasteiger partial charge in [0.1, 0.15) is 0 Å². The van der Waals surface area contributed by atoms with Crippen molar-refractivity contribution in [2.24, 2.45) is 0 Å². The molecule has 3 aliphatic heterocycles. The van der Waals surface area contributed by atoms with Crippen LogP contribution >= 0.6 is 0 Å². The maximum absolute atomic E-state index is 11.8. The number of rotatable bonds is 1. The Morgan fingerprint density at radius 2 is 2.43 bits per heavy atom. The minimum atomic E-state index is -0.440. The number of carbonyl (C=O) groups excluding carboxylic acids is 1. The normalized spacial score (nSPS) is 33.1. The van der Waals surface area contributed by atoms with E-state index in [2.05, 4.69) is 23.3 Å². The van der Waals surface area contributed by atoms with Gasteiger partial charge < -0.3 is 4.74 Å². The van der Waals surface area contributed by atoms with Gasteiger partial charge in [-0.15, -0.1) is 0 Å². The largest absolute Gasteiger partial charge is 0.445 e. The molecule has 3 nitrogen and oxygen atoms in total. The van der Waals surface area contributed by atoms with Crippen LogP contribution in [0.5, 0.6) is 0 Å². The number of carbonyl (C=O) groups is 1. The van der Waals surface area contributed by atoms with Crippen molar-refractivity contribution in [1.82, 2.24) is 4.90 Å². The highest BCUT2D eigenvalue weighted by Gasteiger charge is 2.66. The zero-order valence-corrected chi connectivity index (χ0v) is 12.4. The highest BCUT2D eigenvalue weighted by Crippen LogP contribution is 2.58. The Bertz CT molecular complexity index is 673. The van der Waals surface area contributed by atoms with E-state index in [9.17, 15) is 4.79 Å². The van der Waals surface area contributed by atoms with E-state index in [1.165, 1.54) is 18.4 Å². The first-order chi connectivity index (χ1) is 10.1. The molecule has 21 heavy (non-hydrogen) atoms. The lowest BCUT2D eigenvalue weighted by molar-refractivity contribution is -0.146. The second-order valence-electron chi connectivity index (χ2n) is 6.49. The van der Waals surface area contributed by atoms with Gasteiger partial charge in [-0.1, -0.05) is 30.4 Å². The summed E-state index contributed by atoms with van der Waals surface area (Å²) < 4.78 is 5.78. The van der Waals surface area contributed by atoms with E-state index in [4.69, 9.17) is 4.74 Å². The average Bonchev–Trinajstić information content (AvgIpc) is 2.90. The van der Waals surface area contributed by atoms with Crippen LogP contribution in [0.3, 0.4) is 0 Å². The van der Waals surface area contributed by atoms with Crippen LogP contribution in [0.2, 0.25) is 0 Å². The number of esters is 1. The first kappa shape index (κ1) is 12.9. The Labute approximate surface area is 125 Å². The summed E-state index contributed by atoms with van der Waals surface area (Å²) in [4.78, 5) is 14.3. The molecular weight excluding hydrogens is 262 g/mol. The van der Waals surface area contributed by atoms with Crippen molar-refractivity contribution in [1.29, 1.82) is 0 Å². The van der Waals surface area contributed by atoms with E-state index in [-0.39, 0.29) is 5.97 Å². The summed E-state index contributed by atoms with van der Waals surface area (Å²) in [6, 6.07) is 0.339. The van der Waals surface area contributed by atoms with Crippen LogP contribution in [0.1, 0.15) is 32.6 Å². The molecule has 0 aromatic carbocycles. The zero-order valence-electron chi connectivity index (χ0n) is 12.4. The smallest absolute Gasteiger partial charge is 0.332 e. The molecule has 0 saturated carbocycles. The predicted octanol–water partition coefficient (Wildman–Crippen LogP) is 2.36. The monoisotopic (exact) mass is 281 g/mol. The van der Waals surface area contributed by atoms with Crippen LogP contribution in [0.25, 0.3) is 0 Å². The highest BCUT2D eigenvalue weighted by atomic mass is 16.6. The SMILES string of the molecule is C=C(C)CC#CC1=C2CN3CCCCC3[C@]23OC(=O)C=C13. The van der Waals surface area contributed by atoms with E-state index < -0.39 is 5.60 Å². The van der Waals surface area contributed by atoms with Crippen LogP contribution in [-0.4, -0.2) is 35.6 Å². The second kappa shape index (κ2) is 4.35. The molecule has 0 bridgehead atoms. The number of piperidine rings is 1. The number of fused-ring (bicyclic) bond motifs is 1. The molecule has 4 rings (SSSR count). The zero-order chi connectivity index (χ0) is 14.6. The number of ether oxygens (including phenoxy) is 1. The molecule has 1 unspecified atom stereocenters. The van der Waals surface area contributed by atoms with Crippen LogP contribution in [-0.2, 0) is 9.53 Å². The highest BCUT2D eigenvalue weighted by molar-refractivity contribution is 5.94. The molecule has 2 atom stereocenters. The quantitative estimate of drug-likeness (QED) is 0.420. The lowest BCUT2D eigenvalue weighted by Crippen LogP contribution is -2.52. The number of nitrogens with zero attached hydrogens (tertiary/aromatic N) is 1. The first-order valence-corrected chi connectivity index (χ1v) is 7.69. The molecule has 3 heterocycles. The maximum Gasteiger partial charge on any atom is 0.332 e. The van der Waals surface area contributed by atoms with Gasteiger partial charge >= 0.3 is 5.97 Å². The van der Waals surface area contributed by atoms with E-state index >= 15 is 0 Å². The molecule has 0 aromatic rings. The number of hydrogen-bond donors (Lipinski definition) is 0. The van der Waals surface area contributed by atoms with E-state index in [0.29, 0.717) is 12.5 Å². The molecule has 1 spiro atoms. The van der Waals surface area contributed by atoms with Crippen LogP contribution in [0.4, 0.5) is 0 Å². The van der Waals surface area contributed by atoms with Crippen molar-refractivity contribution in [2.75, 3.05) is 13.1 Å². The fraction of sp³-hybridized carbons (Fsp3) is 0.500. The minimum Gasteiger partial charge on any atom is -0.445 e. The van der Waals surface area contributed by atoms with Gasteiger partial charge in [-0.05, 0) is 26.3 Å². The summed E-state index contributed by atoms with van der Waals surface area (Å²) in [5.41, 5.74) is 3.95. The van der Waals surface area contributed by atoms with Gasteiger partial charge in [0, 0.05) is 35.8 Å². The second-order valence-corrected chi connectivity index (χ2v) is 6.49. The third kappa shape index (κ3) is 1.63. The molecular formula is C18H19NO2. The lowest BCUT2D eigenvalue weighted by atomic mass is 9.67. The molecule has 0 aromatic heterocycles. The Morgan fingerprint density at radius 3 is 3.24 bits per heavy atom. The molecule has 0 radical (unpaired) electrons. The van der Waals surface area contributed by atoms with Crippen molar-refractivity contribution >= 4 is 5.97 Å². The molecule has 4 aliphatic rings. The van der Waals surface area contributed by atoms with Gasteiger partial charge in [0.25, 0.3) is 0 Å². The Morgan fingerprint density at radius 1 is 1.57 bits per heavy atom. The lowest BCUT2D eigenvalue weighted by Gasteiger charge is -2.43. The minimum absolute atomic E-state index is 0.202. The fourth-order valence-electron chi connectivity index (χ4n) is 4.15. The molecule has 108 valence electrons.